The maximum absolute atomic E-state index is 12.6. The number of carbonyl (C=O) groups excluding carboxylic acids is 1. The minimum atomic E-state index is -0.410. The molecule has 24 heavy (non-hydrogen) atoms. The highest BCUT2D eigenvalue weighted by atomic mass is 16.6. The second-order valence-electron chi connectivity index (χ2n) is 6.00. The van der Waals surface area contributed by atoms with Gasteiger partial charge in [-0.1, -0.05) is 0 Å². The molecular weight excluding hydrogens is 310 g/mol. The van der Waals surface area contributed by atoms with Crippen molar-refractivity contribution in [3.05, 3.63) is 45.6 Å². The third kappa shape index (κ3) is 2.82. The third-order valence-corrected chi connectivity index (χ3v) is 4.19. The SMILES string of the molecule is Cc1cc(N2CCC(Nc3ccc([N+](=O)[O-])c(C)c3)C2=O)n(C)n1. The van der Waals surface area contributed by atoms with E-state index in [4.69, 9.17) is 0 Å². The highest BCUT2D eigenvalue weighted by Gasteiger charge is 2.34. The van der Waals surface area contributed by atoms with Crippen LogP contribution in [0.1, 0.15) is 17.7 Å². The van der Waals surface area contributed by atoms with Crippen molar-refractivity contribution in [3.8, 4) is 0 Å². The number of nitrogens with zero attached hydrogens (tertiary/aromatic N) is 4. The van der Waals surface area contributed by atoms with Gasteiger partial charge in [-0.05, 0) is 32.4 Å². The Morgan fingerprint density at radius 2 is 2.08 bits per heavy atom. The maximum Gasteiger partial charge on any atom is 0.272 e. The van der Waals surface area contributed by atoms with Crippen molar-refractivity contribution in [2.24, 2.45) is 7.05 Å². The first kappa shape index (κ1) is 16.0. The molecule has 0 bridgehead atoms. The normalized spacial score (nSPS) is 17.4. The standard InChI is InChI=1S/C16H19N5O3/c1-10-8-12(4-5-14(10)21(23)24)17-13-6-7-20(16(13)22)15-9-11(2)18-19(15)3/h4-5,8-9,13,17H,6-7H2,1-3H3. The van der Waals surface area contributed by atoms with Crippen LogP contribution in [0.5, 0.6) is 0 Å². The van der Waals surface area contributed by atoms with E-state index < -0.39 is 4.92 Å². The van der Waals surface area contributed by atoms with Crippen molar-refractivity contribution < 1.29 is 9.72 Å². The minimum Gasteiger partial charge on any atom is -0.374 e. The topological polar surface area (TPSA) is 93.3 Å². The number of aryl methyl sites for hydroxylation is 3. The van der Waals surface area contributed by atoms with Gasteiger partial charge in [0.2, 0.25) is 0 Å². The lowest BCUT2D eigenvalue weighted by Crippen LogP contribution is -2.34. The molecule has 1 fully saturated rings. The smallest absolute Gasteiger partial charge is 0.272 e. The molecule has 1 saturated heterocycles. The Kier molecular flexibility index (Phi) is 3.96. The zero-order valence-electron chi connectivity index (χ0n) is 13.8. The lowest BCUT2D eigenvalue weighted by molar-refractivity contribution is -0.385. The van der Waals surface area contributed by atoms with Crippen LogP contribution in [-0.4, -0.2) is 33.2 Å². The first-order valence-corrected chi connectivity index (χ1v) is 7.70. The van der Waals surface area contributed by atoms with Crippen molar-refractivity contribution in [2.75, 3.05) is 16.8 Å². The van der Waals surface area contributed by atoms with Gasteiger partial charge in [0, 0.05) is 37.0 Å². The number of hydrogen-bond acceptors (Lipinski definition) is 5. The molecule has 3 rings (SSSR count). The van der Waals surface area contributed by atoms with Gasteiger partial charge in [-0.3, -0.25) is 24.5 Å². The molecule has 1 amide bonds. The van der Waals surface area contributed by atoms with Gasteiger partial charge in [0.05, 0.1) is 10.6 Å². The molecule has 1 unspecified atom stereocenters. The van der Waals surface area contributed by atoms with E-state index in [1.165, 1.54) is 6.07 Å². The van der Waals surface area contributed by atoms with E-state index >= 15 is 0 Å². The number of hydrogen-bond donors (Lipinski definition) is 1. The summed E-state index contributed by atoms with van der Waals surface area (Å²) in [5, 5.41) is 18.3. The number of nitrogens with one attached hydrogen (secondary N) is 1. The fourth-order valence-corrected chi connectivity index (χ4v) is 3.04. The number of rotatable bonds is 4. The first-order valence-electron chi connectivity index (χ1n) is 7.70. The number of nitro benzene ring substituents is 1. The quantitative estimate of drug-likeness (QED) is 0.685. The van der Waals surface area contributed by atoms with Gasteiger partial charge >= 0.3 is 0 Å². The number of amides is 1. The maximum atomic E-state index is 12.6. The summed E-state index contributed by atoms with van der Waals surface area (Å²) in [5.74, 6) is 0.760. The molecule has 1 aliphatic heterocycles. The van der Waals surface area contributed by atoms with Gasteiger partial charge in [-0.2, -0.15) is 5.10 Å². The zero-order valence-corrected chi connectivity index (χ0v) is 13.8. The minimum absolute atomic E-state index is 0.0194. The van der Waals surface area contributed by atoms with E-state index in [2.05, 4.69) is 10.4 Å². The van der Waals surface area contributed by atoms with Crippen molar-refractivity contribution in [2.45, 2.75) is 26.3 Å². The Morgan fingerprint density at radius 1 is 1.33 bits per heavy atom. The largest absolute Gasteiger partial charge is 0.374 e. The molecule has 0 spiro atoms. The molecule has 8 heteroatoms. The lowest BCUT2D eigenvalue weighted by atomic mass is 10.1. The number of nitro groups is 1. The van der Waals surface area contributed by atoms with Gasteiger partial charge in [-0.15, -0.1) is 0 Å². The molecule has 1 aromatic carbocycles. The van der Waals surface area contributed by atoms with Crippen LogP contribution in [0.4, 0.5) is 17.2 Å². The molecule has 1 aliphatic rings. The second kappa shape index (κ2) is 5.95. The Hall–Kier alpha value is -2.90. The summed E-state index contributed by atoms with van der Waals surface area (Å²) in [6, 6.07) is 6.33. The van der Waals surface area contributed by atoms with Crippen molar-refractivity contribution in [1.82, 2.24) is 9.78 Å². The molecule has 0 aliphatic carbocycles. The van der Waals surface area contributed by atoms with Gasteiger partial charge in [-0.25, -0.2) is 0 Å². The Balaban J connectivity index is 1.75. The molecule has 2 aromatic rings. The van der Waals surface area contributed by atoms with Crippen molar-refractivity contribution in [1.29, 1.82) is 0 Å². The fourth-order valence-electron chi connectivity index (χ4n) is 3.04. The van der Waals surface area contributed by atoms with Crippen LogP contribution < -0.4 is 10.2 Å². The predicted octanol–water partition coefficient (Wildman–Crippen LogP) is 2.16. The summed E-state index contributed by atoms with van der Waals surface area (Å²) in [5.41, 5.74) is 2.21. The molecule has 2 heterocycles. The summed E-state index contributed by atoms with van der Waals surface area (Å²) in [6.07, 6.45) is 0.666. The summed E-state index contributed by atoms with van der Waals surface area (Å²) in [6.45, 7) is 4.19. The fraction of sp³-hybridized carbons (Fsp3) is 0.375. The van der Waals surface area contributed by atoms with Crippen molar-refractivity contribution in [3.63, 3.8) is 0 Å². The molecule has 0 saturated carbocycles. The monoisotopic (exact) mass is 329 g/mol. The lowest BCUT2D eigenvalue weighted by Gasteiger charge is -2.17. The molecule has 1 atom stereocenters. The Morgan fingerprint density at radius 3 is 2.67 bits per heavy atom. The first-order chi connectivity index (χ1) is 11.4. The second-order valence-corrected chi connectivity index (χ2v) is 6.00. The molecule has 126 valence electrons. The van der Waals surface area contributed by atoms with Crippen LogP contribution in [0.25, 0.3) is 0 Å². The summed E-state index contributed by atoms with van der Waals surface area (Å²) < 4.78 is 1.70. The van der Waals surface area contributed by atoms with Gasteiger partial charge in [0.25, 0.3) is 11.6 Å². The number of benzene rings is 1. The number of carbonyl (C=O) groups is 1. The number of aromatic nitrogens is 2. The van der Waals surface area contributed by atoms with Crippen LogP contribution in [0.2, 0.25) is 0 Å². The van der Waals surface area contributed by atoms with Gasteiger partial charge < -0.3 is 5.32 Å². The van der Waals surface area contributed by atoms with E-state index in [1.54, 1.807) is 28.6 Å². The van der Waals surface area contributed by atoms with Gasteiger partial charge in [0.1, 0.15) is 11.9 Å². The van der Waals surface area contributed by atoms with Crippen LogP contribution in [0.15, 0.2) is 24.3 Å². The van der Waals surface area contributed by atoms with Crippen molar-refractivity contribution >= 4 is 23.1 Å². The van der Waals surface area contributed by atoms with E-state index in [0.29, 0.717) is 24.2 Å². The summed E-state index contributed by atoms with van der Waals surface area (Å²) in [7, 11) is 1.82. The van der Waals surface area contributed by atoms with E-state index in [1.807, 2.05) is 20.0 Å². The Bertz CT molecular complexity index is 814. The molecular formula is C16H19N5O3. The highest BCUT2D eigenvalue weighted by Crippen LogP contribution is 2.26. The molecule has 1 N–H and O–H groups in total. The van der Waals surface area contributed by atoms with Crippen LogP contribution >= 0.6 is 0 Å². The van der Waals surface area contributed by atoms with Crippen LogP contribution in [-0.2, 0) is 11.8 Å². The molecule has 1 aromatic heterocycles. The molecule has 8 nitrogen and oxygen atoms in total. The highest BCUT2D eigenvalue weighted by molar-refractivity contribution is 6.00. The zero-order chi connectivity index (χ0) is 17.4. The third-order valence-electron chi connectivity index (χ3n) is 4.19. The Labute approximate surface area is 139 Å². The summed E-state index contributed by atoms with van der Waals surface area (Å²) >= 11 is 0. The average Bonchev–Trinajstić information content (AvgIpc) is 3.01. The average molecular weight is 329 g/mol. The van der Waals surface area contributed by atoms with E-state index in [-0.39, 0.29) is 17.6 Å². The van der Waals surface area contributed by atoms with Crippen LogP contribution in [0.3, 0.4) is 0 Å². The predicted molar refractivity (Wildman–Crippen MR) is 90.2 cm³/mol. The summed E-state index contributed by atoms with van der Waals surface area (Å²) in [4.78, 5) is 24.8. The van der Waals surface area contributed by atoms with Gasteiger partial charge in [0.15, 0.2) is 0 Å². The number of anilines is 2. The van der Waals surface area contributed by atoms with E-state index in [9.17, 15) is 14.9 Å². The van der Waals surface area contributed by atoms with Crippen LogP contribution in [0, 0.1) is 24.0 Å². The molecule has 0 radical (unpaired) electrons. The van der Waals surface area contributed by atoms with E-state index in [0.717, 1.165) is 11.5 Å².